The molecule has 0 fully saturated rings. The lowest BCUT2D eigenvalue weighted by molar-refractivity contribution is 0.714. The quantitative estimate of drug-likeness (QED) is 0.187. The number of aromatic nitrogens is 4. The van der Waals surface area contributed by atoms with Gasteiger partial charge in [-0.1, -0.05) is 140 Å². The van der Waals surface area contributed by atoms with Gasteiger partial charge in [-0.15, -0.1) is 0 Å². The number of fused-ring (bicyclic) bond motifs is 4. The Morgan fingerprint density at radius 2 is 1.12 bits per heavy atom. The van der Waals surface area contributed by atoms with E-state index >= 15 is 0 Å². The van der Waals surface area contributed by atoms with Crippen molar-refractivity contribution in [3.63, 3.8) is 0 Å². The second kappa shape index (κ2) is 11.4. The number of imidazole rings is 1. The van der Waals surface area contributed by atoms with Gasteiger partial charge in [-0.25, -0.2) is 14.8 Å². The van der Waals surface area contributed by atoms with Gasteiger partial charge in [-0.2, -0.15) is 0 Å². The molecular weight excluding hydrogens is 613 g/mol. The fraction of sp³-hybridized carbons (Fsp3) is 0.0889. The van der Waals surface area contributed by atoms with Crippen LogP contribution in [-0.2, 0) is 19.5 Å². The van der Waals surface area contributed by atoms with Gasteiger partial charge < -0.3 is 0 Å². The zero-order valence-electron chi connectivity index (χ0n) is 28.1. The molecule has 50 heavy (non-hydrogen) atoms. The Bertz CT molecular complexity index is 2640. The highest BCUT2D eigenvalue weighted by Gasteiger charge is 2.41. The minimum atomic E-state index is -0.303. The van der Waals surface area contributed by atoms with Gasteiger partial charge in [-0.05, 0) is 52.4 Å². The molecule has 240 valence electrons. The molecular formula is C45H34N4O. The van der Waals surface area contributed by atoms with Crippen LogP contribution in [-0.4, -0.2) is 19.1 Å². The monoisotopic (exact) mass is 646 g/mol. The Kier molecular flexibility index (Phi) is 6.78. The predicted octanol–water partition coefficient (Wildman–Crippen LogP) is 9.67. The Hall–Kier alpha value is -6.33. The van der Waals surface area contributed by atoms with Gasteiger partial charge in [0, 0.05) is 41.8 Å². The maximum atomic E-state index is 12.8. The van der Waals surface area contributed by atoms with Crippen molar-refractivity contribution < 1.29 is 0 Å². The average molecular weight is 647 g/mol. The van der Waals surface area contributed by atoms with Gasteiger partial charge in [0.05, 0.1) is 22.4 Å². The fourth-order valence-corrected chi connectivity index (χ4v) is 7.92. The van der Waals surface area contributed by atoms with Gasteiger partial charge in [0.1, 0.15) is 0 Å². The largest absolute Gasteiger partial charge is 0.328 e. The summed E-state index contributed by atoms with van der Waals surface area (Å²) in [5, 5.41) is 0. The fourth-order valence-electron chi connectivity index (χ4n) is 7.92. The predicted molar refractivity (Wildman–Crippen MR) is 203 cm³/mol. The Morgan fingerprint density at radius 1 is 0.520 bits per heavy atom. The van der Waals surface area contributed by atoms with Crippen molar-refractivity contribution in [3.8, 4) is 56.2 Å². The summed E-state index contributed by atoms with van der Waals surface area (Å²) in [6.45, 7) is 2.34. The average Bonchev–Trinajstić information content (AvgIpc) is 3.58. The van der Waals surface area contributed by atoms with Crippen LogP contribution >= 0.6 is 0 Å². The minimum Gasteiger partial charge on any atom is -0.295 e. The smallest absolute Gasteiger partial charge is 0.295 e. The van der Waals surface area contributed by atoms with Crippen LogP contribution in [0.3, 0.4) is 0 Å². The molecule has 0 N–H and O–H groups in total. The molecule has 1 atom stereocenters. The van der Waals surface area contributed by atoms with E-state index in [-0.39, 0.29) is 11.1 Å². The molecule has 0 spiro atoms. The van der Waals surface area contributed by atoms with E-state index in [2.05, 4.69) is 128 Å². The summed E-state index contributed by atoms with van der Waals surface area (Å²) in [5.74, 6) is 0.681. The topological polar surface area (TPSA) is 52.7 Å². The van der Waals surface area contributed by atoms with E-state index in [0.717, 1.165) is 50.2 Å². The molecule has 6 aromatic carbocycles. The van der Waals surface area contributed by atoms with Crippen molar-refractivity contribution >= 4 is 11.0 Å². The molecule has 1 aliphatic carbocycles. The molecule has 1 aliphatic rings. The molecule has 0 bridgehead atoms. The lowest BCUT2D eigenvalue weighted by Gasteiger charge is -2.28. The van der Waals surface area contributed by atoms with E-state index in [1.54, 1.807) is 9.13 Å². The van der Waals surface area contributed by atoms with E-state index in [1.807, 2.05) is 44.4 Å². The normalized spacial score (nSPS) is 14.9. The molecule has 0 saturated carbocycles. The number of rotatable bonds is 5. The first-order chi connectivity index (χ1) is 24.4. The molecule has 2 aromatic heterocycles. The van der Waals surface area contributed by atoms with Crippen molar-refractivity contribution in [2.24, 2.45) is 14.1 Å². The summed E-state index contributed by atoms with van der Waals surface area (Å²) in [4.78, 5) is 23.1. The lowest BCUT2D eigenvalue weighted by atomic mass is 9.74. The molecule has 5 heteroatoms. The summed E-state index contributed by atoms with van der Waals surface area (Å²) < 4.78 is 3.42. The van der Waals surface area contributed by atoms with E-state index < -0.39 is 0 Å². The Morgan fingerprint density at radius 3 is 1.90 bits per heavy atom. The van der Waals surface area contributed by atoms with Crippen LogP contribution < -0.4 is 5.69 Å². The minimum absolute atomic E-state index is 0.0369. The van der Waals surface area contributed by atoms with Gasteiger partial charge in [0.25, 0.3) is 0 Å². The van der Waals surface area contributed by atoms with Crippen LogP contribution in [0.1, 0.15) is 23.6 Å². The zero-order chi connectivity index (χ0) is 34.0. The molecule has 1 unspecified atom stereocenters. The third-order valence-electron chi connectivity index (χ3n) is 10.5. The molecule has 0 aliphatic heterocycles. The summed E-state index contributed by atoms with van der Waals surface area (Å²) >= 11 is 0. The summed E-state index contributed by atoms with van der Waals surface area (Å²) in [6.07, 6.45) is 0. The number of hydrogen-bond donors (Lipinski definition) is 0. The molecule has 5 nitrogen and oxygen atoms in total. The number of benzene rings is 6. The van der Waals surface area contributed by atoms with Crippen LogP contribution in [0.2, 0.25) is 0 Å². The molecule has 8 aromatic rings. The second-order valence-corrected chi connectivity index (χ2v) is 13.2. The Balaban J connectivity index is 1.22. The standard InChI is InChI=1S/C45H34N4O/c1-45(32-16-8-5-9-17-32)36-21-11-10-18-34(36)41-35(20-12-22-37(41)45)39-28-38(46-43(47-39)31-14-6-4-7-15-31)30-26-24-29(25-27-30)33-19-13-23-40-42(33)49(3)44(50)48(40)2/h4-28H,1-3H3. The van der Waals surface area contributed by atoms with Gasteiger partial charge in [-0.3, -0.25) is 9.13 Å². The first kappa shape index (κ1) is 29.8. The van der Waals surface area contributed by atoms with Crippen LogP contribution in [0.5, 0.6) is 0 Å². The highest BCUT2D eigenvalue weighted by Crippen LogP contribution is 2.55. The van der Waals surface area contributed by atoms with E-state index in [0.29, 0.717) is 5.82 Å². The number of para-hydroxylation sites is 1. The lowest BCUT2D eigenvalue weighted by Crippen LogP contribution is -2.22. The van der Waals surface area contributed by atoms with Crippen LogP contribution in [0, 0.1) is 0 Å². The van der Waals surface area contributed by atoms with Gasteiger partial charge in [0.2, 0.25) is 0 Å². The third-order valence-corrected chi connectivity index (χ3v) is 10.5. The van der Waals surface area contributed by atoms with Crippen LogP contribution in [0.4, 0.5) is 0 Å². The van der Waals surface area contributed by atoms with Crippen molar-refractivity contribution in [2.75, 3.05) is 0 Å². The summed E-state index contributed by atoms with van der Waals surface area (Å²) in [7, 11) is 3.65. The van der Waals surface area contributed by atoms with Crippen LogP contribution in [0.25, 0.3) is 67.2 Å². The van der Waals surface area contributed by atoms with Crippen LogP contribution in [0.15, 0.2) is 156 Å². The van der Waals surface area contributed by atoms with Gasteiger partial charge in [0.15, 0.2) is 5.82 Å². The summed E-state index contributed by atoms with van der Waals surface area (Å²) in [6, 6.07) is 53.1. The maximum absolute atomic E-state index is 12.8. The van der Waals surface area contributed by atoms with E-state index in [4.69, 9.17) is 9.97 Å². The van der Waals surface area contributed by atoms with Crippen molar-refractivity contribution in [1.29, 1.82) is 0 Å². The molecule has 9 rings (SSSR count). The number of nitrogens with zero attached hydrogens (tertiary/aromatic N) is 4. The van der Waals surface area contributed by atoms with Crippen molar-refractivity contribution in [1.82, 2.24) is 19.1 Å². The zero-order valence-corrected chi connectivity index (χ0v) is 28.1. The first-order valence-electron chi connectivity index (χ1n) is 16.9. The number of aryl methyl sites for hydroxylation is 2. The summed E-state index contributed by atoms with van der Waals surface area (Å²) in [5.41, 5.74) is 14.6. The molecule has 0 radical (unpaired) electrons. The Labute approximate surface area is 290 Å². The van der Waals surface area contributed by atoms with Crippen molar-refractivity contribution in [2.45, 2.75) is 12.3 Å². The molecule has 0 amide bonds. The van der Waals surface area contributed by atoms with Crippen molar-refractivity contribution in [3.05, 3.63) is 179 Å². The molecule has 2 heterocycles. The van der Waals surface area contributed by atoms with Gasteiger partial charge >= 0.3 is 5.69 Å². The maximum Gasteiger partial charge on any atom is 0.328 e. The SMILES string of the molecule is Cn1c(=O)n(C)c2c(-c3ccc(-c4cc(-c5cccc6c5-c5ccccc5C6(C)c5ccccc5)nc(-c5ccccc5)n4)cc3)cccc21. The van der Waals surface area contributed by atoms with E-state index in [1.165, 1.54) is 27.8 Å². The number of hydrogen-bond acceptors (Lipinski definition) is 3. The van der Waals surface area contributed by atoms with E-state index in [9.17, 15) is 4.79 Å². The highest BCUT2D eigenvalue weighted by atomic mass is 16.1. The molecule has 0 saturated heterocycles. The first-order valence-corrected chi connectivity index (χ1v) is 16.9. The second-order valence-electron chi connectivity index (χ2n) is 13.2. The highest BCUT2D eigenvalue weighted by molar-refractivity contribution is 5.95. The third kappa shape index (κ3) is 4.43.